The summed E-state index contributed by atoms with van der Waals surface area (Å²) in [6.45, 7) is 3.16. The van der Waals surface area contributed by atoms with Crippen molar-refractivity contribution in [3.8, 4) is 11.1 Å². The molecule has 2 aliphatic rings. The summed E-state index contributed by atoms with van der Waals surface area (Å²) in [7, 11) is 0. The number of hydrogen-bond acceptors (Lipinski definition) is 2. The van der Waals surface area contributed by atoms with Gasteiger partial charge in [-0.25, -0.2) is 0 Å². The van der Waals surface area contributed by atoms with Gasteiger partial charge in [-0.3, -0.25) is 0 Å². The first-order valence-electron chi connectivity index (χ1n) is 14.8. The van der Waals surface area contributed by atoms with E-state index in [9.17, 15) is 0 Å². The molecule has 1 saturated heterocycles. The van der Waals surface area contributed by atoms with Gasteiger partial charge in [0.1, 0.15) is 0 Å². The van der Waals surface area contributed by atoms with Gasteiger partial charge in [0.2, 0.25) is 0 Å². The molecule has 4 rings (SSSR count). The highest BCUT2D eigenvalue weighted by atomic mass is 16.7. The molecule has 0 bridgehead atoms. The van der Waals surface area contributed by atoms with Gasteiger partial charge in [-0.05, 0) is 86.0 Å². The zero-order valence-electron chi connectivity index (χ0n) is 22.2. The summed E-state index contributed by atoms with van der Waals surface area (Å²) in [6.07, 6.45) is 21.0. The average molecular weight is 477 g/mol. The third-order valence-corrected chi connectivity index (χ3v) is 8.14. The lowest BCUT2D eigenvalue weighted by atomic mass is 9.82. The van der Waals surface area contributed by atoms with Crippen molar-refractivity contribution in [2.45, 2.75) is 128 Å². The predicted octanol–water partition coefficient (Wildman–Crippen LogP) is 9.61. The summed E-state index contributed by atoms with van der Waals surface area (Å²) in [5.41, 5.74) is 5.64. The number of hydrogen-bond donors (Lipinski definition) is 0. The Bertz CT molecular complexity index is 811. The number of aryl methyl sites for hydroxylation is 1. The van der Waals surface area contributed by atoms with Crippen molar-refractivity contribution in [2.24, 2.45) is 0 Å². The van der Waals surface area contributed by atoms with Crippen LogP contribution in [0, 0.1) is 0 Å². The highest BCUT2D eigenvalue weighted by Crippen LogP contribution is 2.36. The molecule has 1 saturated carbocycles. The second-order valence-electron chi connectivity index (χ2n) is 10.9. The van der Waals surface area contributed by atoms with E-state index in [-0.39, 0.29) is 6.29 Å². The average Bonchev–Trinajstić information content (AvgIpc) is 2.92. The minimum absolute atomic E-state index is 0.0521. The van der Waals surface area contributed by atoms with E-state index in [0.29, 0.717) is 12.0 Å². The zero-order valence-corrected chi connectivity index (χ0v) is 22.2. The van der Waals surface area contributed by atoms with Crippen LogP contribution in [-0.2, 0) is 15.9 Å². The maximum atomic E-state index is 6.24. The van der Waals surface area contributed by atoms with Crippen LogP contribution in [-0.4, -0.2) is 19.0 Å². The van der Waals surface area contributed by atoms with Gasteiger partial charge in [0.05, 0.1) is 6.10 Å². The summed E-state index contributed by atoms with van der Waals surface area (Å²) in [5.74, 6) is 0.671. The lowest BCUT2D eigenvalue weighted by Gasteiger charge is -2.33. The third kappa shape index (κ3) is 8.76. The van der Waals surface area contributed by atoms with Crippen LogP contribution in [0.4, 0.5) is 0 Å². The third-order valence-electron chi connectivity index (χ3n) is 8.14. The van der Waals surface area contributed by atoms with Gasteiger partial charge < -0.3 is 9.47 Å². The Morgan fingerprint density at radius 2 is 1.31 bits per heavy atom. The molecule has 2 nitrogen and oxygen atoms in total. The quantitative estimate of drug-likeness (QED) is 0.268. The largest absolute Gasteiger partial charge is 0.353 e. The van der Waals surface area contributed by atoms with Crippen molar-refractivity contribution >= 4 is 0 Å². The first-order chi connectivity index (χ1) is 17.3. The Morgan fingerprint density at radius 3 is 1.94 bits per heavy atom. The Morgan fingerprint density at radius 1 is 0.686 bits per heavy atom. The molecular formula is C33H48O2. The molecule has 1 atom stereocenters. The van der Waals surface area contributed by atoms with Crippen LogP contribution >= 0.6 is 0 Å². The van der Waals surface area contributed by atoms with E-state index in [0.717, 1.165) is 25.9 Å². The number of ether oxygens (including phenoxy) is 2. The van der Waals surface area contributed by atoms with Crippen LogP contribution in [0.2, 0.25) is 0 Å². The minimum Gasteiger partial charge on any atom is -0.353 e. The molecule has 0 amide bonds. The molecule has 2 heteroatoms. The van der Waals surface area contributed by atoms with E-state index >= 15 is 0 Å². The molecule has 1 aliphatic heterocycles. The normalized spacial score (nSPS) is 22.8. The maximum Gasteiger partial charge on any atom is 0.157 e. The van der Waals surface area contributed by atoms with E-state index in [4.69, 9.17) is 9.47 Å². The van der Waals surface area contributed by atoms with Crippen molar-refractivity contribution in [1.82, 2.24) is 0 Å². The van der Waals surface area contributed by atoms with Gasteiger partial charge in [-0.2, -0.15) is 0 Å². The van der Waals surface area contributed by atoms with Crippen molar-refractivity contribution < 1.29 is 9.47 Å². The lowest BCUT2D eigenvalue weighted by molar-refractivity contribution is -0.193. The van der Waals surface area contributed by atoms with E-state index < -0.39 is 0 Å². The molecule has 1 aliphatic carbocycles. The summed E-state index contributed by atoms with van der Waals surface area (Å²) >= 11 is 0. The Labute approximate surface area is 214 Å². The monoisotopic (exact) mass is 476 g/mol. The van der Waals surface area contributed by atoms with Gasteiger partial charge >= 0.3 is 0 Å². The van der Waals surface area contributed by atoms with Crippen molar-refractivity contribution in [1.29, 1.82) is 0 Å². The summed E-state index contributed by atoms with van der Waals surface area (Å²) in [4.78, 5) is 0. The SMILES string of the molecule is CCCCCCCCCCc1ccc(-c2ccc(C3CCC(OC4CCCCO4)CC3)cc2)cc1. The fraction of sp³-hybridized carbons (Fsp3) is 0.636. The molecule has 0 aromatic heterocycles. The molecule has 2 aromatic carbocycles. The Hall–Kier alpha value is -1.64. The van der Waals surface area contributed by atoms with Crippen molar-refractivity contribution in [3.05, 3.63) is 59.7 Å². The van der Waals surface area contributed by atoms with Gasteiger partial charge in [-0.15, -0.1) is 0 Å². The zero-order chi connectivity index (χ0) is 24.1. The van der Waals surface area contributed by atoms with Crippen molar-refractivity contribution in [2.75, 3.05) is 6.61 Å². The second-order valence-corrected chi connectivity index (χ2v) is 10.9. The maximum absolute atomic E-state index is 6.24. The van der Waals surface area contributed by atoms with Crippen LogP contribution in [0.15, 0.2) is 48.5 Å². The Kier molecular flexibility index (Phi) is 11.2. The molecular weight excluding hydrogens is 428 g/mol. The molecule has 1 unspecified atom stereocenters. The molecule has 1 heterocycles. The van der Waals surface area contributed by atoms with Gasteiger partial charge in [-0.1, -0.05) is 100 Å². The van der Waals surface area contributed by atoms with Crippen LogP contribution in [0.5, 0.6) is 0 Å². The number of unbranched alkanes of at least 4 members (excludes halogenated alkanes) is 7. The van der Waals surface area contributed by atoms with Gasteiger partial charge in [0, 0.05) is 6.61 Å². The topological polar surface area (TPSA) is 18.5 Å². The molecule has 2 fully saturated rings. The fourth-order valence-corrected chi connectivity index (χ4v) is 5.84. The smallest absolute Gasteiger partial charge is 0.157 e. The van der Waals surface area contributed by atoms with E-state index in [2.05, 4.69) is 55.5 Å². The minimum atomic E-state index is 0.0521. The summed E-state index contributed by atoms with van der Waals surface area (Å²) in [6, 6.07) is 18.7. The van der Waals surface area contributed by atoms with Gasteiger partial charge in [0.25, 0.3) is 0 Å². The van der Waals surface area contributed by atoms with Crippen LogP contribution in [0.25, 0.3) is 11.1 Å². The van der Waals surface area contributed by atoms with Crippen LogP contribution < -0.4 is 0 Å². The first kappa shape index (κ1) is 26.4. The Balaban J connectivity index is 1.17. The summed E-state index contributed by atoms with van der Waals surface area (Å²) < 4.78 is 12.0. The number of benzene rings is 2. The van der Waals surface area contributed by atoms with Crippen LogP contribution in [0.3, 0.4) is 0 Å². The van der Waals surface area contributed by atoms with E-state index in [1.54, 1.807) is 0 Å². The van der Waals surface area contributed by atoms with E-state index in [1.165, 1.54) is 106 Å². The first-order valence-corrected chi connectivity index (χ1v) is 14.8. The number of rotatable bonds is 13. The standard InChI is InChI=1S/C33H48O2/c1-2-3-4-5-6-7-8-9-12-27-14-16-28(17-15-27)29-18-20-30(21-19-29)31-22-24-32(25-23-31)35-33-13-10-11-26-34-33/h14-21,31-33H,2-13,22-26H2,1H3. The molecule has 35 heavy (non-hydrogen) atoms. The second kappa shape index (κ2) is 14.8. The van der Waals surface area contributed by atoms with Crippen LogP contribution in [0.1, 0.15) is 120 Å². The molecule has 2 aromatic rings. The molecule has 0 spiro atoms. The lowest BCUT2D eigenvalue weighted by Crippen LogP contribution is -2.30. The highest BCUT2D eigenvalue weighted by molar-refractivity contribution is 5.64. The highest BCUT2D eigenvalue weighted by Gasteiger charge is 2.26. The molecule has 0 radical (unpaired) electrons. The van der Waals surface area contributed by atoms with Crippen molar-refractivity contribution in [3.63, 3.8) is 0 Å². The molecule has 0 N–H and O–H groups in total. The fourth-order valence-electron chi connectivity index (χ4n) is 5.84. The van der Waals surface area contributed by atoms with E-state index in [1.807, 2.05) is 0 Å². The predicted molar refractivity (Wildman–Crippen MR) is 148 cm³/mol. The summed E-state index contributed by atoms with van der Waals surface area (Å²) in [5, 5.41) is 0. The molecule has 192 valence electrons. The van der Waals surface area contributed by atoms with Gasteiger partial charge in [0.15, 0.2) is 6.29 Å².